The van der Waals surface area contributed by atoms with Gasteiger partial charge < -0.3 is 10.1 Å². The standard InChI is InChI=1S/C10H14N2O2S/c1-7(15)10(13)12-6-8-3-4-11-9(5-8)14-2/h3-5,7,15H,6H2,1-2H3,(H,12,13). The molecule has 0 radical (unpaired) electrons. The van der Waals surface area contributed by atoms with Crippen LogP contribution in [-0.4, -0.2) is 23.3 Å². The Hall–Kier alpha value is -1.23. The van der Waals surface area contributed by atoms with Crippen LogP contribution in [-0.2, 0) is 11.3 Å². The third kappa shape index (κ3) is 3.79. The molecule has 4 nitrogen and oxygen atoms in total. The van der Waals surface area contributed by atoms with Crippen molar-refractivity contribution in [2.45, 2.75) is 18.7 Å². The highest BCUT2D eigenvalue weighted by Gasteiger charge is 2.06. The summed E-state index contributed by atoms with van der Waals surface area (Å²) in [4.78, 5) is 15.2. The molecule has 0 aliphatic rings. The summed E-state index contributed by atoms with van der Waals surface area (Å²) in [5, 5.41) is 2.45. The minimum Gasteiger partial charge on any atom is -0.481 e. The van der Waals surface area contributed by atoms with Gasteiger partial charge in [0.25, 0.3) is 0 Å². The van der Waals surface area contributed by atoms with E-state index >= 15 is 0 Å². The highest BCUT2D eigenvalue weighted by atomic mass is 32.1. The van der Waals surface area contributed by atoms with Crippen LogP contribution in [0.2, 0.25) is 0 Å². The summed E-state index contributed by atoms with van der Waals surface area (Å²) in [6.07, 6.45) is 1.64. The Morgan fingerprint density at radius 2 is 2.47 bits per heavy atom. The monoisotopic (exact) mass is 226 g/mol. The number of rotatable bonds is 4. The summed E-state index contributed by atoms with van der Waals surface area (Å²) in [6.45, 7) is 2.19. The van der Waals surface area contributed by atoms with Gasteiger partial charge in [-0.15, -0.1) is 0 Å². The van der Waals surface area contributed by atoms with Crippen LogP contribution < -0.4 is 10.1 Å². The number of carbonyl (C=O) groups is 1. The number of carbonyl (C=O) groups excluding carboxylic acids is 1. The molecule has 15 heavy (non-hydrogen) atoms. The van der Waals surface area contributed by atoms with Crippen molar-refractivity contribution in [2.75, 3.05) is 7.11 Å². The SMILES string of the molecule is COc1cc(CNC(=O)C(C)S)ccn1. The van der Waals surface area contributed by atoms with Gasteiger partial charge in [0.05, 0.1) is 12.4 Å². The number of amides is 1. The molecule has 0 bridgehead atoms. The minimum atomic E-state index is -0.297. The first-order valence-corrected chi connectivity index (χ1v) is 5.10. The Morgan fingerprint density at radius 3 is 3.07 bits per heavy atom. The second-order valence-electron chi connectivity index (χ2n) is 3.10. The number of aromatic nitrogens is 1. The number of ether oxygens (including phenoxy) is 1. The lowest BCUT2D eigenvalue weighted by Crippen LogP contribution is -2.29. The number of nitrogens with zero attached hydrogens (tertiary/aromatic N) is 1. The molecule has 0 aliphatic heterocycles. The van der Waals surface area contributed by atoms with Gasteiger partial charge in [0.2, 0.25) is 11.8 Å². The number of hydrogen-bond donors (Lipinski definition) is 2. The summed E-state index contributed by atoms with van der Waals surface area (Å²) in [5.41, 5.74) is 0.948. The van der Waals surface area contributed by atoms with Crippen LogP contribution >= 0.6 is 12.6 Å². The summed E-state index contributed by atoms with van der Waals surface area (Å²) in [7, 11) is 1.56. The maximum absolute atomic E-state index is 11.2. The quantitative estimate of drug-likeness (QED) is 0.754. The first kappa shape index (κ1) is 11.8. The lowest BCUT2D eigenvalue weighted by molar-refractivity contribution is -0.120. The highest BCUT2D eigenvalue weighted by Crippen LogP contribution is 2.08. The van der Waals surface area contributed by atoms with E-state index in [-0.39, 0.29) is 11.2 Å². The van der Waals surface area contributed by atoms with E-state index in [2.05, 4.69) is 22.9 Å². The van der Waals surface area contributed by atoms with Crippen molar-refractivity contribution in [2.24, 2.45) is 0 Å². The molecule has 0 saturated heterocycles. The summed E-state index contributed by atoms with van der Waals surface area (Å²) in [5.74, 6) is 0.454. The van der Waals surface area contributed by atoms with Gasteiger partial charge in [-0.1, -0.05) is 0 Å². The maximum Gasteiger partial charge on any atom is 0.232 e. The van der Waals surface area contributed by atoms with E-state index < -0.39 is 0 Å². The van der Waals surface area contributed by atoms with Crippen molar-refractivity contribution >= 4 is 18.5 Å². The Kier molecular flexibility index (Phi) is 4.42. The molecular weight excluding hydrogens is 212 g/mol. The van der Waals surface area contributed by atoms with Crippen molar-refractivity contribution in [3.8, 4) is 5.88 Å². The fourth-order valence-electron chi connectivity index (χ4n) is 1.01. The number of pyridine rings is 1. The molecule has 1 heterocycles. The molecule has 1 unspecified atom stereocenters. The zero-order chi connectivity index (χ0) is 11.3. The molecule has 1 aromatic heterocycles. The Balaban J connectivity index is 2.54. The normalized spacial score (nSPS) is 11.9. The number of methoxy groups -OCH3 is 1. The first-order valence-electron chi connectivity index (χ1n) is 4.58. The van der Waals surface area contributed by atoms with E-state index in [0.717, 1.165) is 5.56 Å². The average molecular weight is 226 g/mol. The molecule has 1 N–H and O–H groups in total. The molecule has 0 fully saturated rings. The summed E-state index contributed by atoms with van der Waals surface area (Å²) in [6, 6.07) is 3.61. The van der Waals surface area contributed by atoms with Crippen LogP contribution in [0.4, 0.5) is 0 Å². The molecule has 1 rings (SSSR count). The molecular formula is C10H14N2O2S. The zero-order valence-electron chi connectivity index (χ0n) is 8.73. The summed E-state index contributed by atoms with van der Waals surface area (Å²) < 4.78 is 4.97. The molecule has 1 aromatic rings. The van der Waals surface area contributed by atoms with Crippen molar-refractivity contribution in [1.29, 1.82) is 0 Å². The highest BCUT2D eigenvalue weighted by molar-refractivity contribution is 7.81. The third-order valence-corrected chi connectivity index (χ3v) is 2.09. The average Bonchev–Trinajstić information content (AvgIpc) is 2.26. The Bertz CT molecular complexity index is 342. The summed E-state index contributed by atoms with van der Waals surface area (Å²) >= 11 is 4.03. The van der Waals surface area contributed by atoms with E-state index in [4.69, 9.17) is 4.74 Å². The number of thiol groups is 1. The van der Waals surface area contributed by atoms with Crippen LogP contribution in [0.3, 0.4) is 0 Å². The fraction of sp³-hybridized carbons (Fsp3) is 0.400. The largest absolute Gasteiger partial charge is 0.481 e. The molecule has 0 saturated carbocycles. The molecule has 5 heteroatoms. The Morgan fingerprint density at radius 1 is 1.73 bits per heavy atom. The van der Waals surface area contributed by atoms with Gasteiger partial charge in [-0.2, -0.15) is 12.6 Å². The van der Waals surface area contributed by atoms with Crippen LogP contribution in [0.5, 0.6) is 5.88 Å². The number of hydrogen-bond acceptors (Lipinski definition) is 4. The maximum atomic E-state index is 11.2. The van der Waals surface area contributed by atoms with Crippen LogP contribution in [0.1, 0.15) is 12.5 Å². The second-order valence-corrected chi connectivity index (χ2v) is 3.87. The van der Waals surface area contributed by atoms with Gasteiger partial charge >= 0.3 is 0 Å². The molecule has 82 valence electrons. The van der Waals surface area contributed by atoms with Gasteiger partial charge in [0, 0.05) is 18.8 Å². The van der Waals surface area contributed by atoms with E-state index in [9.17, 15) is 4.79 Å². The first-order chi connectivity index (χ1) is 7.13. The van der Waals surface area contributed by atoms with Crippen molar-refractivity contribution in [1.82, 2.24) is 10.3 Å². The van der Waals surface area contributed by atoms with Crippen LogP contribution in [0, 0.1) is 0 Å². The Labute approximate surface area is 94.5 Å². The molecule has 0 aromatic carbocycles. The predicted molar refractivity (Wildman–Crippen MR) is 61.1 cm³/mol. The smallest absolute Gasteiger partial charge is 0.232 e. The fourth-order valence-corrected chi connectivity index (χ4v) is 1.10. The molecule has 0 spiro atoms. The van der Waals surface area contributed by atoms with Gasteiger partial charge in [-0.05, 0) is 18.6 Å². The van der Waals surface area contributed by atoms with Crippen LogP contribution in [0.15, 0.2) is 18.3 Å². The van der Waals surface area contributed by atoms with E-state index in [0.29, 0.717) is 12.4 Å². The van der Waals surface area contributed by atoms with Crippen molar-refractivity contribution in [3.05, 3.63) is 23.9 Å². The van der Waals surface area contributed by atoms with Gasteiger partial charge in [-0.3, -0.25) is 4.79 Å². The molecule has 1 amide bonds. The van der Waals surface area contributed by atoms with E-state index in [1.807, 2.05) is 6.07 Å². The third-order valence-electron chi connectivity index (χ3n) is 1.85. The van der Waals surface area contributed by atoms with E-state index in [1.165, 1.54) is 0 Å². The van der Waals surface area contributed by atoms with Gasteiger partial charge in [-0.25, -0.2) is 4.98 Å². The number of nitrogens with one attached hydrogen (secondary N) is 1. The molecule has 0 aliphatic carbocycles. The lowest BCUT2D eigenvalue weighted by atomic mass is 10.2. The van der Waals surface area contributed by atoms with E-state index in [1.54, 1.807) is 26.3 Å². The van der Waals surface area contributed by atoms with Gasteiger partial charge in [0.1, 0.15) is 0 Å². The minimum absolute atomic E-state index is 0.0888. The van der Waals surface area contributed by atoms with Crippen molar-refractivity contribution in [3.63, 3.8) is 0 Å². The topological polar surface area (TPSA) is 51.2 Å². The van der Waals surface area contributed by atoms with Gasteiger partial charge in [0.15, 0.2) is 0 Å². The van der Waals surface area contributed by atoms with Crippen molar-refractivity contribution < 1.29 is 9.53 Å². The second kappa shape index (κ2) is 5.60. The zero-order valence-corrected chi connectivity index (χ0v) is 9.62. The lowest BCUT2D eigenvalue weighted by Gasteiger charge is -2.07. The van der Waals surface area contributed by atoms with Crippen LogP contribution in [0.25, 0.3) is 0 Å². The predicted octanol–water partition coefficient (Wildman–Crippen LogP) is 1.02. The molecule has 1 atom stereocenters.